The van der Waals surface area contributed by atoms with Crippen LogP contribution in [0.15, 0.2) is 88.2 Å². The highest BCUT2D eigenvalue weighted by molar-refractivity contribution is 9.10. The Bertz CT molecular complexity index is 1090. The predicted molar refractivity (Wildman–Crippen MR) is 123 cm³/mol. The highest BCUT2D eigenvalue weighted by Gasteiger charge is 2.26. The first kappa shape index (κ1) is 22.5. The lowest BCUT2D eigenvalue weighted by atomic mass is 10.1. The molecule has 3 aromatic carbocycles. The second-order valence-electron chi connectivity index (χ2n) is 6.58. The first-order valence-electron chi connectivity index (χ1n) is 9.20. The molecule has 0 unspecified atom stereocenters. The monoisotopic (exact) mass is 506 g/mol. The number of halogens is 2. The minimum Gasteiger partial charge on any atom is -0.325 e. The summed E-state index contributed by atoms with van der Waals surface area (Å²) >= 11 is 9.18. The van der Waals surface area contributed by atoms with Crippen LogP contribution in [-0.4, -0.2) is 31.7 Å². The molecule has 0 atom stereocenters. The van der Waals surface area contributed by atoms with Crippen molar-refractivity contribution in [3.05, 3.63) is 93.9 Å². The Kier molecular flexibility index (Phi) is 7.66. The summed E-state index contributed by atoms with van der Waals surface area (Å²) in [6.45, 7) is -0.121. The third-order valence-corrected chi connectivity index (χ3v) is 7.03. The zero-order chi connectivity index (χ0) is 21.6. The lowest BCUT2D eigenvalue weighted by Gasteiger charge is -2.22. The van der Waals surface area contributed by atoms with E-state index < -0.39 is 15.9 Å². The Balaban J connectivity index is 1.79. The molecule has 0 aromatic heterocycles. The van der Waals surface area contributed by atoms with Gasteiger partial charge in [0.2, 0.25) is 15.9 Å². The van der Waals surface area contributed by atoms with E-state index in [9.17, 15) is 13.2 Å². The maximum Gasteiger partial charge on any atom is 0.243 e. The van der Waals surface area contributed by atoms with Gasteiger partial charge in [-0.3, -0.25) is 4.79 Å². The van der Waals surface area contributed by atoms with Gasteiger partial charge in [0, 0.05) is 21.7 Å². The Hall–Kier alpha value is -2.19. The van der Waals surface area contributed by atoms with Gasteiger partial charge >= 0.3 is 0 Å². The van der Waals surface area contributed by atoms with E-state index in [-0.39, 0.29) is 18.0 Å². The van der Waals surface area contributed by atoms with Crippen molar-refractivity contribution in [1.29, 1.82) is 0 Å². The molecule has 0 bridgehead atoms. The topological polar surface area (TPSA) is 66.5 Å². The van der Waals surface area contributed by atoms with Gasteiger partial charge in [-0.15, -0.1) is 0 Å². The van der Waals surface area contributed by atoms with Crippen LogP contribution in [0.25, 0.3) is 0 Å². The number of carbonyl (C=O) groups is 1. The number of benzene rings is 3. The van der Waals surface area contributed by atoms with Crippen molar-refractivity contribution in [3.8, 4) is 0 Å². The standard InChI is InChI=1S/C22H20BrClN2O3S/c23-18-6-12-21(13-7-18)30(28,29)26(15-14-17-4-2-1-3-5-17)16-22(27)25-20-10-8-19(24)9-11-20/h1-13H,14-16H2,(H,25,27). The van der Waals surface area contributed by atoms with Crippen LogP contribution >= 0.6 is 27.5 Å². The molecule has 1 amide bonds. The molecule has 0 aliphatic rings. The molecule has 0 saturated heterocycles. The van der Waals surface area contributed by atoms with Crippen LogP contribution in [0.1, 0.15) is 5.56 Å². The van der Waals surface area contributed by atoms with Crippen molar-refractivity contribution < 1.29 is 13.2 Å². The Morgan fingerprint density at radius 3 is 2.20 bits per heavy atom. The molecule has 0 radical (unpaired) electrons. The van der Waals surface area contributed by atoms with Gasteiger partial charge in [0.1, 0.15) is 0 Å². The third kappa shape index (κ3) is 6.15. The zero-order valence-electron chi connectivity index (χ0n) is 16.0. The molecule has 0 fully saturated rings. The molecule has 3 aromatic rings. The maximum atomic E-state index is 13.2. The van der Waals surface area contributed by atoms with E-state index in [1.54, 1.807) is 36.4 Å². The normalized spacial score (nSPS) is 11.4. The van der Waals surface area contributed by atoms with Crippen molar-refractivity contribution in [3.63, 3.8) is 0 Å². The zero-order valence-corrected chi connectivity index (χ0v) is 19.1. The Morgan fingerprint density at radius 1 is 0.933 bits per heavy atom. The summed E-state index contributed by atoms with van der Waals surface area (Å²) < 4.78 is 28.4. The summed E-state index contributed by atoms with van der Waals surface area (Å²) in [5.41, 5.74) is 1.54. The first-order chi connectivity index (χ1) is 14.3. The van der Waals surface area contributed by atoms with Crippen LogP contribution in [0.3, 0.4) is 0 Å². The molecule has 0 aliphatic carbocycles. The highest BCUT2D eigenvalue weighted by atomic mass is 79.9. The fourth-order valence-electron chi connectivity index (χ4n) is 2.83. The molecular formula is C22H20BrClN2O3S. The van der Waals surface area contributed by atoms with Crippen molar-refractivity contribution in [2.75, 3.05) is 18.4 Å². The van der Waals surface area contributed by atoms with Gasteiger partial charge in [-0.1, -0.05) is 57.9 Å². The second kappa shape index (κ2) is 10.2. The number of nitrogens with zero attached hydrogens (tertiary/aromatic N) is 1. The van der Waals surface area contributed by atoms with Gasteiger partial charge in [0.25, 0.3) is 0 Å². The SMILES string of the molecule is O=C(CN(CCc1ccccc1)S(=O)(=O)c1ccc(Br)cc1)Nc1ccc(Cl)cc1. The molecule has 0 saturated carbocycles. The summed E-state index contributed by atoms with van der Waals surface area (Å²) in [6, 6.07) is 22.6. The van der Waals surface area contributed by atoms with Crippen LogP contribution in [0, 0.1) is 0 Å². The van der Waals surface area contributed by atoms with Gasteiger partial charge < -0.3 is 5.32 Å². The summed E-state index contributed by atoms with van der Waals surface area (Å²) in [5, 5.41) is 3.27. The van der Waals surface area contributed by atoms with Gasteiger partial charge in [-0.05, 0) is 60.5 Å². The molecule has 3 rings (SSSR count). The van der Waals surface area contributed by atoms with Crippen LogP contribution in [-0.2, 0) is 21.2 Å². The van der Waals surface area contributed by atoms with Gasteiger partial charge in [-0.25, -0.2) is 8.42 Å². The number of nitrogens with one attached hydrogen (secondary N) is 1. The predicted octanol–water partition coefficient (Wildman–Crippen LogP) is 4.97. The lowest BCUT2D eigenvalue weighted by Crippen LogP contribution is -2.39. The summed E-state index contributed by atoms with van der Waals surface area (Å²) in [4.78, 5) is 12.7. The van der Waals surface area contributed by atoms with E-state index in [4.69, 9.17) is 11.6 Å². The quantitative estimate of drug-likeness (QED) is 0.468. The number of hydrogen-bond acceptors (Lipinski definition) is 3. The minimum absolute atomic E-state index is 0.137. The fourth-order valence-corrected chi connectivity index (χ4v) is 4.62. The van der Waals surface area contributed by atoms with Crippen LogP contribution in [0.2, 0.25) is 5.02 Å². The van der Waals surface area contributed by atoms with E-state index >= 15 is 0 Å². The van der Waals surface area contributed by atoms with Crippen molar-refractivity contribution >= 4 is 49.1 Å². The number of sulfonamides is 1. The van der Waals surface area contributed by atoms with E-state index in [1.165, 1.54) is 16.4 Å². The average molecular weight is 508 g/mol. The largest absolute Gasteiger partial charge is 0.325 e. The van der Waals surface area contributed by atoms with E-state index in [2.05, 4.69) is 21.2 Å². The number of carbonyl (C=O) groups excluding carboxylic acids is 1. The summed E-state index contributed by atoms with van der Waals surface area (Å²) in [5.74, 6) is -0.425. The number of amides is 1. The molecule has 0 aliphatic heterocycles. The van der Waals surface area contributed by atoms with E-state index in [0.29, 0.717) is 17.1 Å². The molecule has 156 valence electrons. The number of rotatable bonds is 8. The van der Waals surface area contributed by atoms with Crippen molar-refractivity contribution in [2.45, 2.75) is 11.3 Å². The van der Waals surface area contributed by atoms with Crippen LogP contribution < -0.4 is 5.32 Å². The van der Waals surface area contributed by atoms with E-state index in [0.717, 1.165) is 10.0 Å². The lowest BCUT2D eigenvalue weighted by molar-refractivity contribution is -0.116. The Labute approximate surface area is 189 Å². The highest BCUT2D eigenvalue weighted by Crippen LogP contribution is 2.20. The first-order valence-corrected chi connectivity index (χ1v) is 11.8. The fraction of sp³-hybridized carbons (Fsp3) is 0.136. The number of hydrogen-bond donors (Lipinski definition) is 1. The van der Waals surface area contributed by atoms with Crippen LogP contribution in [0.5, 0.6) is 0 Å². The van der Waals surface area contributed by atoms with Crippen molar-refractivity contribution in [2.24, 2.45) is 0 Å². The minimum atomic E-state index is -3.85. The molecule has 8 heteroatoms. The molecule has 0 heterocycles. The second-order valence-corrected chi connectivity index (χ2v) is 9.87. The van der Waals surface area contributed by atoms with Gasteiger partial charge in [0.05, 0.1) is 11.4 Å². The third-order valence-electron chi connectivity index (χ3n) is 4.39. The summed E-state index contributed by atoms with van der Waals surface area (Å²) in [7, 11) is -3.85. The average Bonchev–Trinajstić information content (AvgIpc) is 2.73. The molecule has 5 nitrogen and oxygen atoms in total. The molecular weight excluding hydrogens is 488 g/mol. The smallest absolute Gasteiger partial charge is 0.243 e. The van der Waals surface area contributed by atoms with Gasteiger partial charge in [-0.2, -0.15) is 4.31 Å². The number of anilines is 1. The Morgan fingerprint density at radius 2 is 1.57 bits per heavy atom. The van der Waals surface area contributed by atoms with Crippen LogP contribution in [0.4, 0.5) is 5.69 Å². The van der Waals surface area contributed by atoms with Crippen molar-refractivity contribution in [1.82, 2.24) is 4.31 Å². The molecule has 1 N–H and O–H groups in total. The maximum absolute atomic E-state index is 13.2. The van der Waals surface area contributed by atoms with E-state index in [1.807, 2.05) is 30.3 Å². The summed E-state index contributed by atoms with van der Waals surface area (Å²) in [6.07, 6.45) is 0.491. The molecule has 0 spiro atoms. The molecule has 30 heavy (non-hydrogen) atoms. The van der Waals surface area contributed by atoms with Gasteiger partial charge in [0.15, 0.2) is 0 Å².